The highest BCUT2D eigenvalue weighted by Gasteiger charge is 2.22. The summed E-state index contributed by atoms with van der Waals surface area (Å²) in [7, 11) is 0. The van der Waals surface area contributed by atoms with Crippen molar-refractivity contribution < 1.29 is 28.9 Å². The van der Waals surface area contributed by atoms with Crippen LogP contribution in [0.5, 0.6) is 5.75 Å². The van der Waals surface area contributed by atoms with E-state index in [9.17, 15) is 24.2 Å². The molecule has 0 heterocycles. The first kappa shape index (κ1) is 17.3. The molecular formula is C17H16FNO5. The molecule has 0 saturated heterocycles. The minimum atomic E-state index is -1.36. The van der Waals surface area contributed by atoms with Gasteiger partial charge >= 0.3 is 12.1 Å². The van der Waals surface area contributed by atoms with Gasteiger partial charge in [-0.3, -0.25) is 0 Å². The third-order valence-electron chi connectivity index (χ3n) is 3.27. The fourth-order valence-corrected chi connectivity index (χ4v) is 2.04. The molecule has 6 nitrogen and oxygen atoms in total. The summed E-state index contributed by atoms with van der Waals surface area (Å²) in [6.45, 7) is -0.00969. The van der Waals surface area contributed by atoms with E-state index in [0.717, 1.165) is 23.8 Å². The van der Waals surface area contributed by atoms with Crippen LogP contribution in [0.4, 0.5) is 9.18 Å². The second kappa shape index (κ2) is 7.96. The van der Waals surface area contributed by atoms with E-state index < -0.39 is 23.9 Å². The molecule has 0 aliphatic rings. The van der Waals surface area contributed by atoms with Crippen LogP contribution in [-0.2, 0) is 22.6 Å². The minimum absolute atomic E-state index is 0.00969. The number of ether oxygens (including phenoxy) is 1. The number of carboxylic acid groups (broad SMARTS) is 1. The van der Waals surface area contributed by atoms with E-state index in [4.69, 9.17) is 4.74 Å². The number of hydrogen-bond acceptors (Lipinski definition) is 4. The number of rotatable bonds is 6. The molecule has 0 spiro atoms. The number of carboxylic acids is 1. The molecule has 1 unspecified atom stereocenters. The number of aromatic hydroxyl groups is 1. The topological polar surface area (TPSA) is 95.9 Å². The van der Waals surface area contributed by atoms with Gasteiger partial charge in [0.25, 0.3) is 0 Å². The van der Waals surface area contributed by atoms with E-state index in [2.05, 4.69) is 5.32 Å². The number of halogens is 1. The number of alkyl carbamates (subject to hydrolysis) is 1. The quantitative estimate of drug-likeness (QED) is 0.755. The van der Waals surface area contributed by atoms with Crippen molar-refractivity contribution in [3.8, 4) is 5.75 Å². The van der Waals surface area contributed by atoms with E-state index in [-0.39, 0.29) is 24.3 Å². The Morgan fingerprint density at radius 1 is 1.17 bits per heavy atom. The lowest BCUT2D eigenvalue weighted by Gasteiger charge is -2.15. The Morgan fingerprint density at radius 3 is 2.54 bits per heavy atom. The van der Waals surface area contributed by atoms with Crippen LogP contribution in [0.2, 0.25) is 0 Å². The van der Waals surface area contributed by atoms with E-state index in [0.29, 0.717) is 0 Å². The van der Waals surface area contributed by atoms with Gasteiger partial charge in [-0.2, -0.15) is 0 Å². The second-order valence-electron chi connectivity index (χ2n) is 5.07. The summed E-state index contributed by atoms with van der Waals surface area (Å²) < 4.78 is 18.1. The number of aliphatic carboxylic acids is 1. The largest absolute Gasteiger partial charge is 0.508 e. The first-order valence-corrected chi connectivity index (χ1v) is 7.13. The maximum atomic E-state index is 13.2. The smallest absolute Gasteiger partial charge is 0.408 e. The number of nitrogens with one attached hydrogen (secondary N) is 1. The Labute approximate surface area is 137 Å². The van der Waals surface area contributed by atoms with Crippen LogP contribution >= 0.6 is 0 Å². The number of phenols is 1. The summed E-state index contributed by atoms with van der Waals surface area (Å²) in [6.07, 6.45) is -1.19. The van der Waals surface area contributed by atoms with Crippen molar-refractivity contribution in [2.24, 2.45) is 0 Å². The number of carbonyl (C=O) groups excluding carboxylic acids is 1. The SMILES string of the molecule is O=C(NC(Cc1cc(F)ccc1O)C(=O)O)OCc1ccccc1. The molecule has 0 saturated carbocycles. The fraction of sp³-hybridized carbons (Fsp3) is 0.176. The Kier molecular flexibility index (Phi) is 5.73. The van der Waals surface area contributed by atoms with E-state index in [1.165, 1.54) is 0 Å². The average Bonchev–Trinajstić information content (AvgIpc) is 2.56. The summed E-state index contributed by atoms with van der Waals surface area (Å²) in [4.78, 5) is 23.0. The second-order valence-corrected chi connectivity index (χ2v) is 5.07. The number of hydrogen-bond donors (Lipinski definition) is 3. The summed E-state index contributed by atoms with van der Waals surface area (Å²) >= 11 is 0. The Morgan fingerprint density at radius 2 is 1.88 bits per heavy atom. The normalized spacial score (nSPS) is 11.5. The zero-order chi connectivity index (χ0) is 17.5. The standard InChI is InChI=1S/C17H16FNO5/c18-13-6-7-15(20)12(8-13)9-14(16(21)22)19-17(23)24-10-11-4-2-1-3-5-11/h1-8,14,20H,9-10H2,(H,19,23)(H,21,22). The number of benzene rings is 2. The van der Waals surface area contributed by atoms with Gasteiger partial charge in [-0.1, -0.05) is 30.3 Å². The molecule has 7 heteroatoms. The van der Waals surface area contributed by atoms with Crippen LogP contribution in [0.25, 0.3) is 0 Å². The van der Waals surface area contributed by atoms with Crippen LogP contribution in [0.1, 0.15) is 11.1 Å². The molecule has 0 bridgehead atoms. The zero-order valence-electron chi connectivity index (χ0n) is 12.6. The lowest BCUT2D eigenvalue weighted by atomic mass is 10.0. The first-order valence-electron chi connectivity index (χ1n) is 7.13. The Bertz CT molecular complexity index is 720. The zero-order valence-corrected chi connectivity index (χ0v) is 12.6. The van der Waals surface area contributed by atoms with Crippen molar-refractivity contribution in [1.82, 2.24) is 5.32 Å². The number of amides is 1. The Hall–Kier alpha value is -3.09. The van der Waals surface area contributed by atoms with E-state index in [1.54, 1.807) is 24.3 Å². The van der Waals surface area contributed by atoms with Crippen LogP contribution in [0.15, 0.2) is 48.5 Å². The van der Waals surface area contributed by atoms with Gasteiger partial charge in [0.05, 0.1) is 0 Å². The molecule has 0 aliphatic heterocycles. The molecule has 2 aromatic carbocycles. The molecule has 0 radical (unpaired) electrons. The first-order chi connectivity index (χ1) is 11.5. The van der Waals surface area contributed by atoms with Gasteiger partial charge in [0.15, 0.2) is 0 Å². The lowest BCUT2D eigenvalue weighted by molar-refractivity contribution is -0.139. The molecule has 1 amide bonds. The third-order valence-corrected chi connectivity index (χ3v) is 3.27. The van der Waals surface area contributed by atoms with E-state index >= 15 is 0 Å². The average molecular weight is 333 g/mol. The van der Waals surface area contributed by atoms with Crippen molar-refractivity contribution >= 4 is 12.1 Å². The molecule has 2 aromatic rings. The van der Waals surface area contributed by atoms with Gasteiger partial charge in [0.1, 0.15) is 24.2 Å². The van der Waals surface area contributed by atoms with Crippen LogP contribution in [0, 0.1) is 5.82 Å². The number of phenolic OH excluding ortho intramolecular Hbond substituents is 1. The maximum Gasteiger partial charge on any atom is 0.408 e. The summed E-state index contributed by atoms with van der Waals surface area (Å²) in [5.41, 5.74) is 0.827. The van der Waals surface area contributed by atoms with E-state index in [1.807, 2.05) is 6.07 Å². The van der Waals surface area contributed by atoms with Gasteiger partial charge < -0.3 is 20.3 Å². The third kappa shape index (κ3) is 4.98. The van der Waals surface area contributed by atoms with Gasteiger partial charge in [0, 0.05) is 6.42 Å². The van der Waals surface area contributed by atoms with Crippen LogP contribution in [-0.4, -0.2) is 28.3 Å². The molecule has 2 rings (SSSR count). The van der Waals surface area contributed by atoms with Crippen molar-refractivity contribution in [3.63, 3.8) is 0 Å². The van der Waals surface area contributed by atoms with Crippen molar-refractivity contribution in [1.29, 1.82) is 0 Å². The van der Waals surface area contributed by atoms with Crippen molar-refractivity contribution in [3.05, 3.63) is 65.5 Å². The highest BCUT2D eigenvalue weighted by molar-refractivity contribution is 5.80. The predicted octanol–water partition coefficient (Wildman–Crippen LogP) is 2.45. The van der Waals surface area contributed by atoms with Gasteiger partial charge in [-0.15, -0.1) is 0 Å². The van der Waals surface area contributed by atoms with Gasteiger partial charge in [-0.05, 0) is 29.3 Å². The van der Waals surface area contributed by atoms with Crippen LogP contribution < -0.4 is 5.32 Å². The van der Waals surface area contributed by atoms with Gasteiger partial charge in [0.2, 0.25) is 0 Å². The summed E-state index contributed by atoms with van der Waals surface area (Å²) in [5, 5.41) is 21.0. The Balaban J connectivity index is 1.96. The molecular weight excluding hydrogens is 317 g/mol. The highest BCUT2D eigenvalue weighted by atomic mass is 19.1. The lowest BCUT2D eigenvalue weighted by Crippen LogP contribution is -2.42. The summed E-state index contributed by atoms with van der Waals surface area (Å²) in [5.74, 6) is -2.18. The summed E-state index contributed by atoms with van der Waals surface area (Å²) in [6, 6.07) is 10.7. The van der Waals surface area contributed by atoms with Crippen molar-refractivity contribution in [2.45, 2.75) is 19.1 Å². The van der Waals surface area contributed by atoms with Gasteiger partial charge in [-0.25, -0.2) is 14.0 Å². The molecule has 126 valence electrons. The molecule has 0 fully saturated rings. The van der Waals surface area contributed by atoms with Crippen molar-refractivity contribution in [2.75, 3.05) is 0 Å². The monoisotopic (exact) mass is 333 g/mol. The molecule has 24 heavy (non-hydrogen) atoms. The molecule has 0 aromatic heterocycles. The predicted molar refractivity (Wildman–Crippen MR) is 83.0 cm³/mol. The fourth-order valence-electron chi connectivity index (χ4n) is 2.04. The maximum absolute atomic E-state index is 13.2. The highest BCUT2D eigenvalue weighted by Crippen LogP contribution is 2.19. The minimum Gasteiger partial charge on any atom is -0.508 e. The number of carbonyl (C=O) groups is 2. The molecule has 3 N–H and O–H groups in total. The molecule has 0 aliphatic carbocycles. The molecule has 1 atom stereocenters. The van der Waals surface area contributed by atoms with Crippen LogP contribution in [0.3, 0.4) is 0 Å².